The molecule has 0 N–H and O–H groups in total. The summed E-state index contributed by atoms with van der Waals surface area (Å²) in [5.41, 5.74) is 15.6. The molecule has 0 amide bonds. The highest BCUT2D eigenvalue weighted by Crippen LogP contribution is 2.46. The molecule has 61 heavy (non-hydrogen) atoms. The van der Waals surface area contributed by atoms with Gasteiger partial charge in [-0.05, 0) is 99.9 Å². The summed E-state index contributed by atoms with van der Waals surface area (Å²) in [7, 11) is 0. The Labute approximate surface area is 353 Å². The van der Waals surface area contributed by atoms with Crippen molar-refractivity contribution in [3.05, 3.63) is 231 Å². The maximum atomic E-state index is 6.52. The van der Waals surface area contributed by atoms with Crippen LogP contribution in [0.2, 0.25) is 0 Å². The molecule has 0 aliphatic rings. The second kappa shape index (κ2) is 14.3. The molecule has 0 radical (unpaired) electrons. The van der Waals surface area contributed by atoms with Gasteiger partial charge in [0.2, 0.25) is 0 Å². The van der Waals surface area contributed by atoms with Gasteiger partial charge in [0.25, 0.3) is 0 Å². The Morgan fingerprint density at radius 1 is 0.328 bits per heavy atom. The molecule has 2 aromatic heterocycles. The molecule has 12 aromatic rings. The van der Waals surface area contributed by atoms with Crippen LogP contribution < -0.4 is 4.90 Å². The molecule has 3 nitrogen and oxygen atoms in total. The quantitative estimate of drug-likeness (QED) is 0.161. The van der Waals surface area contributed by atoms with Crippen LogP contribution in [0, 0.1) is 0 Å². The van der Waals surface area contributed by atoms with Crippen molar-refractivity contribution < 1.29 is 4.42 Å². The van der Waals surface area contributed by atoms with Crippen molar-refractivity contribution in [2.75, 3.05) is 4.90 Å². The first-order chi connectivity index (χ1) is 30.3. The Bertz CT molecular complexity index is 3520. The van der Waals surface area contributed by atoms with E-state index in [4.69, 9.17) is 4.42 Å². The van der Waals surface area contributed by atoms with Crippen LogP contribution in [0.3, 0.4) is 0 Å². The van der Waals surface area contributed by atoms with E-state index in [1.165, 1.54) is 32.9 Å². The number of benzene rings is 10. The number of hydrogen-bond donors (Lipinski definition) is 0. The lowest BCUT2D eigenvalue weighted by atomic mass is 9.93. The van der Waals surface area contributed by atoms with Gasteiger partial charge in [0, 0.05) is 49.6 Å². The average Bonchev–Trinajstić information content (AvgIpc) is 3.89. The fourth-order valence-electron chi connectivity index (χ4n) is 9.36. The Morgan fingerprint density at radius 2 is 0.852 bits per heavy atom. The second-order valence-electron chi connectivity index (χ2n) is 15.7. The molecule has 0 aliphatic heterocycles. The van der Waals surface area contributed by atoms with Crippen LogP contribution in [0.4, 0.5) is 17.1 Å². The van der Waals surface area contributed by atoms with Gasteiger partial charge < -0.3 is 13.9 Å². The van der Waals surface area contributed by atoms with Crippen molar-refractivity contribution in [1.29, 1.82) is 0 Å². The molecule has 0 fully saturated rings. The van der Waals surface area contributed by atoms with E-state index in [0.717, 1.165) is 77.7 Å². The summed E-state index contributed by atoms with van der Waals surface area (Å²) in [6.07, 6.45) is 0. The minimum Gasteiger partial charge on any atom is -0.455 e. The summed E-state index contributed by atoms with van der Waals surface area (Å²) < 4.78 is 8.91. The molecule has 12 rings (SSSR count). The van der Waals surface area contributed by atoms with Crippen LogP contribution >= 0.6 is 0 Å². The molecule has 0 unspecified atom stereocenters. The third-order valence-corrected chi connectivity index (χ3v) is 12.2. The predicted octanol–water partition coefficient (Wildman–Crippen LogP) is 16.3. The van der Waals surface area contributed by atoms with Gasteiger partial charge in [0.05, 0.1) is 16.7 Å². The third kappa shape index (κ3) is 5.82. The lowest BCUT2D eigenvalue weighted by molar-refractivity contribution is 0.672. The molecule has 0 saturated carbocycles. The fraction of sp³-hybridized carbons (Fsp3) is 0. The first-order valence-electron chi connectivity index (χ1n) is 20.8. The lowest BCUT2D eigenvalue weighted by Gasteiger charge is -2.28. The lowest BCUT2D eigenvalue weighted by Crippen LogP contribution is -2.11. The van der Waals surface area contributed by atoms with Crippen molar-refractivity contribution in [2.24, 2.45) is 0 Å². The molecular weight excluding hydrogens is 741 g/mol. The standard InChI is InChI=1S/C58H38N2O/c1-2-15-39(16-3-1)40-29-33-43(34-30-40)59(54-25-10-8-22-49(54)52-38-53-50-23-9-13-28-57(50)61-58(53)51-24-5-4-19-46(51)52)44-35-31-41(32-36-44)42-17-14-18-45(37-42)60-55-26-11-6-20-47(55)48-21-7-12-27-56(48)60/h1-38H. The molecule has 3 heteroatoms. The maximum absolute atomic E-state index is 6.52. The largest absolute Gasteiger partial charge is 0.455 e. The topological polar surface area (TPSA) is 21.3 Å². The van der Waals surface area contributed by atoms with Gasteiger partial charge in [-0.1, -0.05) is 164 Å². The Morgan fingerprint density at radius 3 is 1.56 bits per heavy atom. The summed E-state index contributed by atoms with van der Waals surface area (Å²) in [5.74, 6) is 0. The normalized spacial score (nSPS) is 11.6. The van der Waals surface area contributed by atoms with E-state index >= 15 is 0 Å². The number of hydrogen-bond acceptors (Lipinski definition) is 2. The van der Waals surface area contributed by atoms with Gasteiger partial charge in [-0.25, -0.2) is 0 Å². The number of nitrogens with zero attached hydrogens (tertiary/aromatic N) is 2. The Balaban J connectivity index is 1.01. The molecule has 0 atom stereocenters. The van der Waals surface area contributed by atoms with Gasteiger partial charge in [0.1, 0.15) is 11.2 Å². The number of fused-ring (bicyclic) bond motifs is 8. The fourth-order valence-corrected chi connectivity index (χ4v) is 9.36. The van der Waals surface area contributed by atoms with Crippen LogP contribution in [0.15, 0.2) is 235 Å². The summed E-state index contributed by atoms with van der Waals surface area (Å²) in [6, 6.07) is 82.9. The maximum Gasteiger partial charge on any atom is 0.143 e. The van der Waals surface area contributed by atoms with E-state index in [0.29, 0.717) is 0 Å². The summed E-state index contributed by atoms with van der Waals surface area (Å²) >= 11 is 0. The average molecular weight is 779 g/mol. The van der Waals surface area contributed by atoms with Crippen molar-refractivity contribution in [1.82, 2.24) is 4.57 Å². The molecule has 0 bridgehead atoms. The smallest absolute Gasteiger partial charge is 0.143 e. The number of rotatable bonds is 7. The molecule has 0 saturated heterocycles. The highest BCUT2D eigenvalue weighted by Gasteiger charge is 2.21. The van der Waals surface area contributed by atoms with Gasteiger partial charge in [-0.15, -0.1) is 0 Å². The SMILES string of the molecule is c1ccc(-c2ccc(N(c3ccc(-c4cccc(-n5c6ccccc6c6ccccc65)c4)cc3)c3ccccc3-c3cc4c5ccccc5oc4c4ccccc34)cc2)cc1. The predicted molar refractivity (Wildman–Crippen MR) is 257 cm³/mol. The van der Waals surface area contributed by atoms with E-state index in [2.05, 4.69) is 234 Å². The third-order valence-electron chi connectivity index (χ3n) is 12.2. The van der Waals surface area contributed by atoms with Crippen LogP contribution in [0.5, 0.6) is 0 Å². The molecule has 0 aliphatic carbocycles. The zero-order chi connectivity index (χ0) is 40.3. The second-order valence-corrected chi connectivity index (χ2v) is 15.7. The summed E-state index contributed by atoms with van der Waals surface area (Å²) in [4.78, 5) is 2.40. The first kappa shape index (κ1) is 34.9. The first-order valence-corrected chi connectivity index (χ1v) is 20.8. The highest BCUT2D eigenvalue weighted by molar-refractivity contribution is 6.20. The van der Waals surface area contributed by atoms with Crippen LogP contribution in [0.1, 0.15) is 0 Å². The summed E-state index contributed by atoms with van der Waals surface area (Å²) in [6.45, 7) is 0. The monoisotopic (exact) mass is 778 g/mol. The van der Waals surface area contributed by atoms with Gasteiger partial charge in [-0.3, -0.25) is 0 Å². The van der Waals surface area contributed by atoms with Crippen LogP contribution in [-0.2, 0) is 0 Å². The van der Waals surface area contributed by atoms with E-state index < -0.39 is 0 Å². The molecule has 2 heterocycles. The van der Waals surface area contributed by atoms with Crippen molar-refractivity contribution >= 4 is 71.6 Å². The van der Waals surface area contributed by atoms with Gasteiger partial charge in [0.15, 0.2) is 0 Å². The number of aromatic nitrogens is 1. The van der Waals surface area contributed by atoms with Crippen LogP contribution in [-0.4, -0.2) is 4.57 Å². The molecule has 10 aromatic carbocycles. The van der Waals surface area contributed by atoms with Crippen molar-refractivity contribution in [3.8, 4) is 39.1 Å². The Hall–Kier alpha value is -8.14. The van der Waals surface area contributed by atoms with Crippen molar-refractivity contribution in [3.63, 3.8) is 0 Å². The van der Waals surface area contributed by atoms with Crippen LogP contribution in [0.25, 0.3) is 93.6 Å². The van der Waals surface area contributed by atoms with Gasteiger partial charge >= 0.3 is 0 Å². The molecule has 286 valence electrons. The molecular formula is C58H38N2O. The number of furan rings is 1. The minimum atomic E-state index is 0.897. The van der Waals surface area contributed by atoms with E-state index in [-0.39, 0.29) is 0 Å². The van der Waals surface area contributed by atoms with Gasteiger partial charge in [-0.2, -0.15) is 0 Å². The summed E-state index contributed by atoms with van der Waals surface area (Å²) in [5, 5.41) is 7.01. The number of para-hydroxylation sites is 4. The van der Waals surface area contributed by atoms with E-state index in [1.807, 2.05) is 6.07 Å². The Kier molecular flexibility index (Phi) is 8.17. The number of anilines is 3. The van der Waals surface area contributed by atoms with E-state index in [9.17, 15) is 0 Å². The minimum absolute atomic E-state index is 0.897. The highest BCUT2D eigenvalue weighted by atomic mass is 16.3. The van der Waals surface area contributed by atoms with E-state index in [1.54, 1.807) is 0 Å². The zero-order valence-electron chi connectivity index (χ0n) is 33.2. The zero-order valence-corrected chi connectivity index (χ0v) is 33.2. The van der Waals surface area contributed by atoms with Crippen molar-refractivity contribution in [2.45, 2.75) is 0 Å². The molecule has 0 spiro atoms.